The summed E-state index contributed by atoms with van der Waals surface area (Å²) in [7, 11) is 2.14. The highest BCUT2D eigenvalue weighted by atomic mass is 16.3. The summed E-state index contributed by atoms with van der Waals surface area (Å²) >= 11 is 0. The third-order valence-electron chi connectivity index (χ3n) is 2.90. The molecule has 3 nitrogen and oxygen atoms in total. The maximum absolute atomic E-state index is 8.85. The lowest BCUT2D eigenvalue weighted by atomic mass is 9.96. The van der Waals surface area contributed by atoms with Crippen molar-refractivity contribution < 1.29 is 5.11 Å². The monoisotopic (exact) mass is 172 g/mol. The molecule has 72 valence electrons. The van der Waals surface area contributed by atoms with E-state index in [2.05, 4.69) is 31.1 Å². The average Bonchev–Trinajstić information content (AvgIpc) is 1.99. The first-order valence-corrected chi connectivity index (χ1v) is 4.62. The zero-order chi connectivity index (χ0) is 9.19. The van der Waals surface area contributed by atoms with E-state index in [1.165, 1.54) is 0 Å². The molecule has 1 aliphatic rings. The third-order valence-corrected chi connectivity index (χ3v) is 2.90. The summed E-state index contributed by atoms with van der Waals surface area (Å²) in [5.74, 6) is 0. The van der Waals surface area contributed by atoms with E-state index in [0.29, 0.717) is 6.04 Å². The zero-order valence-electron chi connectivity index (χ0n) is 8.30. The molecule has 0 aromatic rings. The lowest BCUT2D eigenvalue weighted by molar-refractivity contribution is 0.0515. The number of hydrogen-bond acceptors (Lipinski definition) is 3. The van der Waals surface area contributed by atoms with Crippen LogP contribution in [0.5, 0.6) is 0 Å². The second-order valence-corrected chi connectivity index (χ2v) is 4.22. The van der Waals surface area contributed by atoms with E-state index in [9.17, 15) is 0 Å². The van der Waals surface area contributed by atoms with E-state index >= 15 is 0 Å². The minimum absolute atomic E-state index is 0.220. The number of aliphatic hydroxyl groups is 1. The van der Waals surface area contributed by atoms with Crippen molar-refractivity contribution in [1.29, 1.82) is 0 Å². The maximum atomic E-state index is 8.85. The Kier molecular flexibility index (Phi) is 3.09. The van der Waals surface area contributed by atoms with Crippen LogP contribution in [0.3, 0.4) is 0 Å². The van der Waals surface area contributed by atoms with Gasteiger partial charge in [0.15, 0.2) is 0 Å². The Labute approximate surface area is 74.8 Å². The number of hydrogen-bond donors (Lipinski definition) is 2. The minimum Gasteiger partial charge on any atom is -0.396 e. The molecule has 1 atom stereocenters. The third kappa shape index (κ3) is 1.97. The molecule has 1 unspecified atom stereocenters. The smallest absolute Gasteiger partial charge is 0.0446 e. The Hall–Kier alpha value is -0.120. The van der Waals surface area contributed by atoms with E-state index in [0.717, 1.165) is 19.5 Å². The van der Waals surface area contributed by atoms with Gasteiger partial charge in [-0.2, -0.15) is 0 Å². The van der Waals surface area contributed by atoms with Gasteiger partial charge in [0.05, 0.1) is 0 Å². The molecule has 12 heavy (non-hydrogen) atoms. The van der Waals surface area contributed by atoms with Crippen molar-refractivity contribution in [1.82, 2.24) is 10.2 Å². The molecule has 0 radical (unpaired) electrons. The van der Waals surface area contributed by atoms with Gasteiger partial charge in [0.25, 0.3) is 0 Å². The molecule has 3 heteroatoms. The van der Waals surface area contributed by atoms with E-state index in [1.54, 1.807) is 0 Å². The van der Waals surface area contributed by atoms with Crippen LogP contribution < -0.4 is 5.32 Å². The Morgan fingerprint density at radius 2 is 2.25 bits per heavy atom. The normalized spacial score (nSPS) is 30.5. The van der Waals surface area contributed by atoms with Gasteiger partial charge in [0.2, 0.25) is 0 Å². The molecule has 2 N–H and O–H groups in total. The summed E-state index contributed by atoms with van der Waals surface area (Å²) < 4.78 is 0. The van der Waals surface area contributed by atoms with Crippen LogP contribution in [0.25, 0.3) is 0 Å². The first kappa shape index (κ1) is 9.96. The highest BCUT2D eigenvalue weighted by molar-refractivity contribution is 4.91. The van der Waals surface area contributed by atoms with Crippen molar-refractivity contribution in [2.45, 2.75) is 31.8 Å². The molecule has 1 aliphatic heterocycles. The molecule has 0 spiro atoms. The second kappa shape index (κ2) is 3.73. The van der Waals surface area contributed by atoms with Crippen LogP contribution in [0.4, 0.5) is 0 Å². The molecular weight excluding hydrogens is 152 g/mol. The zero-order valence-corrected chi connectivity index (χ0v) is 8.30. The molecule has 1 saturated heterocycles. The summed E-state index contributed by atoms with van der Waals surface area (Å²) in [6.07, 6.45) is 0.868. The molecule has 0 aromatic carbocycles. The molecule has 0 saturated carbocycles. The van der Waals surface area contributed by atoms with E-state index < -0.39 is 0 Å². The molecule has 1 heterocycles. The molecule has 0 bridgehead atoms. The molecule has 1 fully saturated rings. The predicted octanol–water partition coefficient (Wildman–Crippen LogP) is 0.0510. The molecule has 0 aromatic heterocycles. The van der Waals surface area contributed by atoms with Crippen LogP contribution in [0.1, 0.15) is 20.3 Å². The Morgan fingerprint density at radius 1 is 1.58 bits per heavy atom. The van der Waals surface area contributed by atoms with Crippen molar-refractivity contribution in [2.75, 3.05) is 26.7 Å². The summed E-state index contributed by atoms with van der Waals surface area (Å²) in [6.45, 7) is 6.77. The lowest BCUT2D eigenvalue weighted by Crippen LogP contribution is -2.61. The Morgan fingerprint density at radius 3 is 2.83 bits per heavy atom. The van der Waals surface area contributed by atoms with Crippen molar-refractivity contribution in [3.63, 3.8) is 0 Å². The topological polar surface area (TPSA) is 35.5 Å². The number of piperazine rings is 1. The fraction of sp³-hybridized carbons (Fsp3) is 1.00. The van der Waals surface area contributed by atoms with Crippen LogP contribution in [0, 0.1) is 0 Å². The predicted molar refractivity (Wildman–Crippen MR) is 50.2 cm³/mol. The largest absolute Gasteiger partial charge is 0.396 e. The lowest BCUT2D eigenvalue weighted by Gasteiger charge is -2.45. The van der Waals surface area contributed by atoms with E-state index in [-0.39, 0.29) is 12.1 Å². The van der Waals surface area contributed by atoms with Gasteiger partial charge in [-0.05, 0) is 27.3 Å². The van der Waals surface area contributed by atoms with Gasteiger partial charge in [-0.15, -0.1) is 0 Å². The van der Waals surface area contributed by atoms with Gasteiger partial charge in [-0.1, -0.05) is 0 Å². The SMILES string of the molecule is CN1C(CCO)CNCC1(C)C. The standard InChI is InChI=1S/C9H20N2O/c1-9(2)7-10-6-8(4-5-12)11(9)3/h8,10,12H,4-7H2,1-3H3. The first-order chi connectivity index (χ1) is 5.58. The van der Waals surface area contributed by atoms with Gasteiger partial charge in [0.1, 0.15) is 0 Å². The van der Waals surface area contributed by atoms with Crippen LogP contribution in [0.2, 0.25) is 0 Å². The summed E-state index contributed by atoms with van der Waals surface area (Å²) in [6, 6.07) is 0.485. The first-order valence-electron chi connectivity index (χ1n) is 4.62. The van der Waals surface area contributed by atoms with Crippen molar-refractivity contribution in [3.05, 3.63) is 0 Å². The van der Waals surface area contributed by atoms with Gasteiger partial charge in [-0.3, -0.25) is 4.90 Å². The van der Waals surface area contributed by atoms with Crippen LogP contribution in [-0.2, 0) is 0 Å². The van der Waals surface area contributed by atoms with Crippen LogP contribution in [0.15, 0.2) is 0 Å². The van der Waals surface area contributed by atoms with Crippen molar-refractivity contribution in [3.8, 4) is 0 Å². The number of nitrogens with one attached hydrogen (secondary N) is 1. The molecule has 1 rings (SSSR count). The van der Waals surface area contributed by atoms with Gasteiger partial charge < -0.3 is 10.4 Å². The molecule has 0 aliphatic carbocycles. The fourth-order valence-electron chi connectivity index (χ4n) is 1.75. The highest BCUT2D eigenvalue weighted by Gasteiger charge is 2.32. The van der Waals surface area contributed by atoms with E-state index in [4.69, 9.17) is 5.11 Å². The number of nitrogens with zero attached hydrogens (tertiary/aromatic N) is 1. The van der Waals surface area contributed by atoms with Gasteiger partial charge in [-0.25, -0.2) is 0 Å². The summed E-state index contributed by atoms with van der Waals surface area (Å²) in [4.78, 5) is 2.36. The molecular formula is C9H20N2O. The van der Waals surface area contributed by atoms with Gasteiger partial charge in [0, 0.05) is 31.3 Å². The Bertz CT molecular complexity index is 145. The van der Waals surface area contributed by atoms with Crippen molar-refractivity contribution in [2.24, 2.45) is 0 Å². The minimum atomic E-state index is 0.220. The average molecular weight is 172 g/mol. The van der Waals surface area contributed by atoms with Gasteiger partial charge >= 0.3 is 0 Å². The second-order valence-electron chi connectivity index (χ2n) is 4.22. The quantitative estimate of drug-likeness (QED) is 0.618. The van der Waals surface area contributed by atoms with Crippen LogP contribution >= 0.6 is 0 Å². The number of aliphatic hydroxyl groups excluding tert-OH is 1. The van der Waals surface area contributed by atoms with Crippen molar-refractivity contribution >= 4 is 0 Å². The van der Waals surface area contributed by atoms with Crippen LogP contribution in [-0.4, -0.2) is 48.3 Å². The van der Waals surface area contributed by atoms with E-state index in [1.807, 2.05) is 0 Å². The maximum Gasteiger partial charge on any atom is 0.0446 e. The number of likely N-dealkylation sites (N-methyl/N-ethyl adjacent to an activating group) is 1. The summed E-state index contributed by atoms with van der Waals surface area (Å²) in [5, 5.41) is 12.2. The Balaban J connectivity index is 2.54. The summed E-state index contributed by atoms with van der Waals surface area (Å²) in [5.41, 5.74) is 0.220. The number of rotatable bonds is 2. The molecule has 0 amide bonds. The fourth-order valence-corrected chi connectivity index (χ4v) is 1.75. The highest BCUT2D eigenvalue weighted by Crippen LogP contribution is 2.19.